The van der Waals surface area contributed by atoms with Gasteiger partial charge in [0.25, 0.3) is 0 Å². The maximum absolute atomic E-state index is 12.6. The van der Waals surface area contributed by atoms with Crippen LogP contribution in [-0.2, 0) is 9.59 Å². The number of rotatable bonds is 5. The molecule has 2 aromatic rings. The van der Waals surface area contributed by atoms with Gasteiger partial charge in [-0.15, -0.1) is 0 Å². The molecular formula is C22H24N4O2. The van der Waals surface area contributed by atoms with Crippen molar-refractivity contribution in [1.82, 2.24) is 4.90 Å². The number of nitrogens with zero attached hydrogens (tertiary/aromatic N) is 2. The fourth-order valence-corrected chi connectivity index (χ4v) is 3.42. The first-order valence-corrected chi connectivity index (χ1v) is 9.48. The number of anilines is 2. The number of carbonyl (C=O) groups excluding carboxylic acids is 2. The highest BCUT2D eigenvalue weighted by Gasteiger charge is 2.31. The maximum Gasteiger partial charge on any atom is 0.241 e. The number of benzene rings is 2. The maximum atomic E-state index is 12.6. The van der Waals surface area contributed by atoms with Crippen molar-refractivity contribution in [3.8, 4) is 6.07 Å². The minimum Gasteiger partial charge on any atom is -0.326 e. The van der Waals surface area contributed by atoms with Crippen LogP contribution in [0, 0.1) is 17.2 Å². The highest BCUT2D eigenvalue weighted by Crippen LogP contribution is 2.21. The summed E-state index contributed by atoms with van der Waals surface area (Å²) in [6.07, 6.45) is 1.68. The minimum atomic E-state index is -0.363. The number of carbonyl (C=O) groups is 2. The molecule has 1 heterocycles. The van der Waals surface area contributed by atoms with Crippen molar-refractivity contribution < 1.29 is 9.59 Å². The molecule has 6 heteroatoms. The van der Waals surface area contributed by atoms with Crippen LogP contribution in [0.4, 0.5) is 11.4 Å². The van der Waals surface area contributed by atoms with E-state index in [1.807, 2.05) is 42.2 Å². The van der Waals surface area contributed by atoms with E-state index in [0.717, 1.165) is 25.1 Å². The number of likely N-dealkylation sites (tertiary alicyclic amines) is 1. The lowest BCUT2D eigenvalue weighted by atomic mass is 9.95. The number of hydrogen-bond acceptors (Lipinski definition) is 4. The van der Waals surface area contributed by atoms with Gasteiger partial charge in [-0.1, -0.05) is 24.3 Å². The van der Waals surface area contributed by atoms with Crippen LogP contribution >= 0.6 is 0 Å². The Bertz CT molecular complexity index is 876. The predicted octanol–water partition coefficient (Wildman–Crippen LogP) is 3.24. The third-order valence-electron chi connectivity index (χ3n) is 5.05. The number of nitrogens with one attached hydrogen (secondary N) is 2. The van der Waals surface area contributed by atoms with Gasteiger partial charge in [0, 0.05) is 17.9 Å². The summed E-state index contributed by atoms with van der Waals surface area (Å²) in [7, 11) is 0. The van der Waals surface area contributed by atoms with E-state index in [-0.39, 0.29) is 23.8 Å². The van der Waals surface area contributed by atoms with Crippen molar-refractivity contribution in [3.05, 3.63) is 60.2 Å². The second-order valence-electron chi connectivity index (χ2n) is 7.05. The largest absolute Gasteiger partial charge is 0.326 e. The molecule has 2 aromatic carbocycles. The fourth-order valence-electron chi connectivity index (χ4n) is 3.42. The number of amides is 2. The Morgan fingerprint density at radius 1 is 1.11 bits per heavy atom. The third kappa shape index (κ3) is 4.96. The topological polar surface area (TPSA) is 85.2 Å². The van der Waals surface area contributed by atoms with E-state index < -0.39 is 0 Å². The monoisotopic (exact) mass is 376 g/mol. The number of para-hydroxylation sites is 1. The molecule has 0 aromatic heterocycles. The molecule has 0 saturated carbocycles. The molecule has 0 aliphatic carbocycles. The molecular weight excluding hydrogens is 352 g/mol. The molecule has 0 radical (unpaired) electrons. The van der Waals surface area contributed by atoms with Crippen molar-refractivity contribution in [2.24, 2.45) is 5.92 Å². The lowest BCUT2D eigenvalue weighted by molar-refractivity contribution is -0.125. The Morgan fingerprint density at radius 3 is 2.61 bits per heavy atom. The molecule has 2 atom stereocenters. The van der Waals surface area contributed by atoms with Crippen LogP contribution in [0.5, 0.6) is 0 Å². The van der Waals surface area contributed by atoms with Gasteiger partial charge in [-0.05, 0) is 56.6 Å². The quantitative estimate of drug-likeness (QED) is 0.839. The summed E-state index contributed by atoms with van der Waals surface area (Å²) in [6, 6.07) is 18.0. The zero-order chi connectivity index (χ0) is 19.9. The molecule has 2 N–H and O–H groups in total. The van der Waals surface area contributed by atoms with Crippen LogP contribution in [-0.4, -0.2) is 35.8 Å². The van der Waals surface area contributed by atoms with Crippen LogP contribution in [0.2, 0.25) is 0 Å². The van der Waals surface area contributed by atoms with E-state index in [2.05, 4.69) is 16.7 Å². The number of piperidine rings is 1. The zero-order valence-corrected chi connectivity index (χ0v) is 15.9. The van der Waals surface area contributed by atoms with Gasteiger partial charge >= 0.3 is 0 Å². The van der Waals surface area contributed by atoms with Crippen molar-refractivity contribution in [1.29, 1.82) is 5.26 Å². The van der Waals surface area contributed by atoms with Crippen molar-refractivity contribution >= 4 is 23.2 Å². The normalized spacial score (nSPS) is 17.9. The Labute approximate surface area is 165 Å². The lowest BCUT2D eigenvalue weighted by Gasteiger charge is -2.35. The van der Waals surface area contributed by atoms with Gasteiger partial charge in [-0.3, -0.25) is 14.5 Å². The highest BCUT2D eigenvalue weighted by atomic mass is 16.2. The molecule has 144 valence electrons. The first-order valence-electron chi connectivity index (χ1n) is 9.48. The van der Waals surface area contributed by atoms with Gasteiger partial charge in [0.2, 0.25) is 11.8 Å². The van der Waals surface area contributed by atoms with E-state index in [1.165, 1.54) is 0 Å². The second-order valence-corrected chi connectivity index (χ2v) is 7.05. The number of hydrogen-bond donors (Lipinski definition) is 2. The summed E-state index contributed by atoms with van der Waals surface area (Å²) in [5.41, 5.74) is 1.89. The predicted molar refractivity (Wildman–Crippen MR) is 109 cm³/mol. The first kappa shape index (κ1) is 19.6. The molecule has 2 unspecified atom stereocenters. The van der Waals surface area contributed by atoms with E-state index in [1.54, 1.807) is 24.3 Å². The Morgan fingerprint density at radius 2 is 1.86 bits per heavy atom. The molecule has 1 saturated heterocycles. The van der Waals surface area contributed by atoms with Crippen LogP contribution in [0.25, 0.3) is 0 Å². The van der Waals surface area contributed by atoms with E-state index in [4.69, 9.17) is 5.26 Å². The molecule has 0 spiro atoms. The highest BCUT2D eigenvalue weighted by molar-refractivity contribution is 5.95. The second kappa shape index (κ2) is 9.16. The van der Waals surface area contributed by atoms with Crippen LogP contribution in [0.1, 0.15) is 25.3 Å². The summed E-state index contributed by atoms with van der Waals surface area (Å²) in [5, 5.41) is 14.8. The lowest BCUT2D eigenvalue weighted by Crippen LogP contribution is -2.49. The van der Waals surface area contributed by atoms with Gasteiger partial charge in [0.1, 0.15) is 0 Å². The van der Waals surface area contributed by atoms with E-state index in [9.17, 15) is 9.59 Å². The van der Waals surface area contributed by atoms with Crippen LogP contribution < -0.4 is 10.6 Å². The van der Waals surface area contributed by atoms with Crippen LogP contribution in [0.15, 0.2) is 54.6 Å². The molecule has 28 heavy (non-hydrogen) atoms. The zero-order valence-electron chi connectivity index (χ0n) is 15.9. The Balaban J connectivity index is 1.58. The fraction of sp³-hybridized carbons (Fsp3) is 0.318. The van der Waals surface area contributed by atoms with Crippen molar-refractivity contribution in [2.45, 2.75) is 25.8 Å². The molecule has 6 nitrogen and oxygen atoms in total. The molecule has 1 fully saturated rings. The standard InChI is InChI=1S/C22H24N4O2/c1-16(21(27)25-20-11-5-7-17(13-20)14-23)26-12-6-8-18(15-26)22(28)24-19-9-3-2-4-10-19/h2-5,7,9-11,13,16,18H,6,8,12,15H2,1H3,(H,24,28)(H,25,27). The summed E-state index contributed by atoms with van der Waals surface area (Å²) in [5.74, 6) is -0.296. The third-order valence-corrected chi connectivity index (χ3v) is 5.05. The van der Waals surface area contributed by atoms with Crippen molar-refractivity contribution in [2.75, 3.05) is 23.7 Å². The Hall–Kier alpha value is -3.17. The first-order chi connectivity index (χ1) is 13.6. The SMILES string of the molecule is CC(C(=O)Nc1cccc(C#N)c1)N1CCCC(C(=O)Nc2ccccc2)C1. The van der Waals surface area contributed by atoms with E-state index in [0.29, 0.717) is 17.8 Å². The number of nitriles is 1. The summed E-state index contributed by atoms with van der Waals surface area (Å²) in [6.45, 7) is 3.17. The van der Waals surface area contributed by atoms with E-state index >= 15 is 0 Å². The smallest absolute Gasteiger partial charge is 0.241 e. The average molecular weight is 376 g/mol. The average Bonchev–Trinajstić information content (AvgIpc) is 2.74. The molecule has 3 rings (SSSR count). The van der Waals surface area contributed by atoms with Gasteiger partial charge in [0.15, 0.2) is 0 Å². The summed E-state index contributed by atoms with van der Waals surface area (Å²) in [4.78, 5) is 27.3. The van der Waals surface area contributed by atoms with Gasteiger partial charge in [-0.2, -0.15) is 5.26 Å². The van der Waals surface area contributed by atoms with Crippen molar-refractivity contribution in [3.63, 3.8) is 0 Å². The molecule has 1 aliphatic heterocycles. The Kier molecular flexibility index (Phi) is 6.41. The summed E-state index contributed by atoms with van der Waals surface area (Å²) >= 11 is 0. The summed E-state index contributed by atoms with van der Waals surface area (Å²) < 4.78 is 0. The van der Waals surface area contributed by atoms with Gasteiger partial charge < -0.3 is 10.6 Å². The molecule has 2 amide bonds. The molecule has 0 bridgehead atoms. The molecule has 1 aliphatic rings. The van der Waals surface area contributed by atoms with Gasteiger partial charge in [-0.25, -0.2) is 0 Å². The van der Waals surface area contributed by atoms with Crippen LogP contribution in [0.3, 0.4) is 0 Å². The minimum absolute atomic E-state index is 0.00905. The van der Waals surface area contributed by atoms with Gasteiger partial charge in [0.05, 0.1) is 23.6 Å².